The van der Waals surface area contributed by atoms with Gasteiger partial charge in [0.1, 0.15) is 6.10 Å². The van der Waals surface area contributed by atoms with E-state index in [1.807, 2.05) is 52.0 Å². The number of carbonyl (C=O) groups excluding carboxylic acids is 2. The highest BCUT2D eigenvalue weighted by atomic mass is 16.6. The number of benzene rings is 1. The fourth-order valence-corrected chi connectivity index (χ4v) is 2.04. The molecule has 0 bridgehead atoms. The zero-order valence-electron chi connectivity index (χ0n) is 13.0. The molecule has 2 amide bonds. The van der Waals surface area contributed by atoms with Crippen molar-refractivity contribution in [2.45, 2.75) is 33.8 Å². The van der Waals surface area contributed by atoms with Crippen LogP contribution in [-0.4, -0.2) is 31.2 Å². The van der Waals surface area contributed by atoms with Gasteiger partial charge >= 0.3 is 6.09 Å². The Balaban J connectivity index is 1.94. The van der Waals surface area contributed by atoms with Crippen molar-refractivity contribution in [3.8, 4) is 0 Å². The normalized spacial score (nSPS) is 18.6. The van der Waals surface area contributed by atoms with Crippen molar-refractivity contribution >= 4 is 17.7 Å². The molecule has 2 rings (SSSR count). The third-order valence-corrected chi connectivity index (χ3v) is 3.39. The Kier molecular flexibility index (Phi) is 4.21. The summed E-state index contributed by atoms with van der Waals surface area (Å²) in [5.41, 5.74) is 1.51. The van der Waals surface area contributed by atoms with E-state index in [1.165, 1.54) is 0 Å². The lowest BCUT2D eigenvalue weighted by Crippen LogP contribution is -2.40. The van der Waals surface area contributed by atoms with Gasteiger partial charge in [-0.2, -0.15) is 0 Å². The summed E-state index contributed by atoms with van der Waals surface area (Å²) in [6, 6.07) is 7.70. The summed E-state index contributed by atoms with van der Waals surface area (Å²) in [5, 5.41) is 2.82. The molecule has 5 heteroatoms. The number of anilines is 1. The lowest BCUT2D eigenvalue weighted by Gasteiger charge is -2.19. The van der Waals surface area contributed by atoms with Gasteiger partial charge in [-0.25, -0.2) is 4.79 Å². The van der Waals surface area contributed by atoms with Crippen molar-refractivity contribution in [1.82, 2.24) is 5.32 Å². The molecule has 1 aliphatic rings. The van der Waals surface area contributed by atoms with Crippen molar-refractivity contribution in [3.63, 3.8) is 0 Å². The second-order valence-electron chi connectivity index (χ2n) is 6.41. The monoisotopic (exact) mass is 290 g/mol. The van der Waals surface area contributed by atoms with Gasteiger partial charge in [0.2, 0.25) is 5.91 Å². The third kappa shape index (κ3) is 3.74. The molecule has 1 saturated heterocycles. The summed E-state index contributed by atoms with van der Waals surface area (Å²) in [7, 11) is 0. The zero-order chi connectivity index (χ0) is 15.6. The summed E-state index contributed by atoms with van der Waals surface area (Å²) in [6.45, 7) is 8.33. The number of nitrogens with one attached hydrogen (secondary N) is 1. The maximum atomic E-state index is 11.9. The number of carbonyl (C=O) groups is 2. The van der Waals surface area contributed by atoms with Crippen LogP contribution in [0.3, 0.4) is 0 Å². The number of nitrogens with zero attached hydrogens (tertiary/aromatic N) is 1. The van der Waals surface area contributed by atoms with Gasteiger partial charge in [0.05, 0.1) is 13.1 Å². The lowest BCUT2D eigenvalue weighted by atomic mass is 9.96. The highest BCUT2D eigenvalue weighted by molar-refractivity contribution is 5.89. The van der Waals surface area contributed by atoms with E-state index in [9.17, 15) is 9.59 Å². The highest BCUT2D eigenvalue weighted by Gasteiger charge is 2.33. The van der Waals surface area contributed by atoms with Crippen LogP contribution >= 0.6 is 0 Å². The van der Waals surface area contributed by atoms with Gasteiger partial charge in [-0.15, -0.1) is 0 Å². The SMILES string of the molecule is Cc1ccc(N2C[C@H](CNC(=O)C(C)(C)C)OC2=O)cc1. The van der Waals surface area contributed by atoms with Gasteiger partial charge < -0.3 is 10.1 Å². The van der Waals surface area contributed by atoms with Crippen LogP contribution in [0.4, 0.5) is 10.5 Å². The molecule has 0 saturated carbocycles. The number of hydrogen-bond donors (Lipinski definition) is 1. The molecule has 1 aliphatic heterocycles. The van der Waals surface area contributed by atoms with E-state index in [0.717, 1.165) is 11.3 Å². The summed E-state index contributed by atoms with van der Waals surface area (Å²) in [5.74, 6) is -0.0488. The molecule has 5 nitrogen and oxygen atoms in total. The van der Waals surface area contributed by atoms with Crippen molar-refractivity contribution in [3.05, 3.63) is 29.8 Å². The first-order valence-electron chi connectivity index (χ1n) is 7.10. The molecule has 1 aromatic carbocycles. The fourth-order valence-electron chi connectivity index (χ4n) is 2.04. The molecule has 1 aromatic rings. The average Bonchev–Trinajstić information content (AvgIpc) is 2.77. The van der Waals surface area contributed by atoms with Gasteiger partial charge in [0.15, 0.2) is 0 Å². The van der Waals surface area contributed by atoms with E-state index >= 15 is 0 Å². The lowest BCUT2D eigenvalue weighted by molar-refractivity contribution is -0.128. The Morgan fingerprint density at radius 2 is 1.95 bits per heavy atom. The topological polar surface area (TPSA) is 58.6 Å². The number of ether oxygens (including phenoxy) is 1. The number of amides is 2. The fraction of sp³-hybridized carbons (Fsp3) is 0.500. The van der Waals surface area contributed by atoms with Gasteiger partial charge in [-0.1, -0.05) is 38.5 Å². The van der Waals surface area contributed by atoms with E-state index < -0.39 is 5.41 Å². The number of cyclic esters (lactones) is 1. The number of rotatable bonds is 3. The van der Waals surface area contributed by atoms with Crippen molar-refractivity contribution in [1.29, 1.82) is 0 Å². The third-order valence-electron chi connectivity index (χ3n) is 3.39. The summed E-state index contributed by atoms with van der Waals surface area (Å²) in [4.78, 5) is 25.3. The van der Waals surface area contributed by atoms with E-state index in [2.05, 4.69) is 5.32 Å². The Morgan fingerprint density at radius 1 is 1.33 bits per heavy atom. The maximum Gasteiger partial charge on any atom is 0.414 e. The van der Waals surface area contributed by atoms with Gasteiger partial charge in [-0.05, 0) is 19.1 Å². The van der Waals surface area contributed by atoms with Crippen molar-refractivity contribution in [2.24, 2.45) is 5.41 Å². The predicted molar refractivity (Wildman–Crippen MR) is 81.3 cm³/mol. The molecular formula is C16H22N2O3. The smallest absolute Gasteiger partial charge is 0.414 e. The predicted octanol–water partition coefficient (Wildman–Crippen LogP) is 2.48. The van der Waals surface area contributed by atoms with Crippen LogP contribution in [0.5, 0.6) is 0 Å². The maximum absolute atomic E-state index is 11.9. The van der Waals surface area contributed by atoms with Crippen LogP contribution < -0.4 is 10.2 Å². The Bertz CT molecular complexity index is 531. The molecule has 1 atom stereocenters. The number of hydrogen-bond acceptors (Lipinski definition) is 3. The van der Waals surface area contributed by atoms with Gasteiger partial charge in [0.25, 0.3) is 0 Å². The molecule has 1 heterocycles. The average molecular weight is 290 g/mol. The van der Waals surface area contributed by atoms with Crippen LogP contribution in [0.2, 0.25) is 0 Å². The molecule has 0 spiro atoms. The molecule has 0 unspecified atom stereocenters. The number of aryl methyl sites for hydroxylation is 1. The van der Waals surface area contributed by atoms with Crippen molar-refractivity contribution < 1.29 is 14.3 Å². The van der Waals surface area contributed by atoms with Crippen molar-refractivity contribution in [2.75, 3.05) is 18.0 Å². The minimum absolute atomic E-state index is 0.0488. The molecule has 0 radical (unpaired) electrons. The minimum atomic E-state index is -0.445. The van der Waals surface area contributed by atoms with Crippen LogP contribution in [0.1, 0.15) is 26.3 Å². The Hall–Kier alpha value is -2.04. The van der Waals surface area contributed by atoms with Crippen LogP contribution in [0, 0.1) is 12.3 Å². The van der Waals surface area contributed by atoms with E-state index in [1.54, 1.807) is 4.90 Å². The molecule has 0 aliphatic carbocycles. The second kappa shape index (κ2) is 5.76. The van der Waals surface area contributed by atoms with Crippen LogP contribution in [0.15, 0.2) is 24.3 Å². The first kappa shape index (κ1) is 15.4. The standard InChI is InChI=1S/C16H22N2O3/c1-11-5-7-12(8-6-11)18-10-13(21-15(18)20)9-17-14(19)16(2,3)4/h5-8,13H,9-10H2,1-4H3,(H,17,19)/t13-/m0/s1. The highest BCUT2D eigenvalue weighted by Crippen LogP contribution is 2.22. The zero-order valence-corrected chi connectivity index (χ0v) is 13.0. The molecule has 1 fully saturated rings. The van der Waals surface area contributed by atoms with Gasteiger partial charge in [0, 0.05) is 11.1 Å². The first-order chi connectivity index (χ1) is 9.77. The van der Waals surface area contributed by atoms with Crippen LogP contribution in [0.25, 0.3) is 0 Å². The molecule has 114 valence electrons. The first-order valence-corrected chi connectivity index (χ1v) is 7.10. The van der Waals surface area contributed by atoms with E-state index in [4.69, 9.17) is 4.74 Å². The van der Waals surface area contributed by atoms with E-state index in [0.29, 0.717) is 13.1 Å². The summed E-state index contributed by atoms with van der Waals surface area (Å²) < 4.78 is 5.29. The Labute approximate surface area is 125 Å². The van der Waals surface area contributed by atoms with Gasteiger partial charge in [-0.3, -0.25) is 9.69 Å². The molecular weight excluding hydrogens is 268 g/mol. The van der Waals surface area contributed by atoms with Crippen LogP contribution in [-0.2, 0) is 9.53 Å². The quantitative estimate of drug-likeness (QED) is 0.930. The second-order valence-corrected chi connectivity index (χ2v) is 6.41. The Morgan fingerprint density at radius 3 is 2.52 bits per heavy atom. The largest absolute Gasteiger partial charge is 0.442 e. The molecule has 1 N–H and O–H groups in total. The molecule has 0 aromatic heterocycles. The minimum Gasteiger partial charge on any atom is -0.442 e. The van der Waals surface area contributed by atoms with E-state index in [-0.39, 0.29) is 18.1 Å². The molecule has 21 heavy (non-hydrogen) atoms. The summed E-state index contributed by atoms with van der Waals surface area (Å²) in [6.07, 6.45) is -0.682. The summed E-state index contributed by atoms with van der Waals surface area (Å²) >= 11 is 0.